The van der Waals surface area contributed by atoms with Crippen LogP contribution >= 0.6 is 0 Å². The van der Waals surface area contributed by atoms with E-state index in [0.717, 1.165) is 11.1 Å². The van der Waals surface area contributed by atoms with Gasteiger partial charge in [-0.3, -0.25) is 14.4 Å². The fourth-order valence-corrected chi connectivity index (χ4v) is 4.22. The number of hydrogen-bond acceptors (Lipinski definition) is 5. The molecule has 3 amide bonds. The minimum atomic E-state index is -3.86. The first kappa shape index (κ1) is 26.0. The summed E-state index contributed by atoms with van der Waals surface area (Å²) >= 11 is 0. The second kappa shape index (κ2) is 11.6. The molecule has 2 rings (SSSR count). The molecule has 5 N–H and O–H groups in total. The van der Waals surface area contributed by atoms with E-state index in [1.54, 1.807) is 36.4 Å². The van der Waals surface area contributed by atoms with Gasteiger partial charge in [0.2, 0.25) is 21.8 Å². The van der Waals surface area contributed by atoms with E-state index in [4.69, 9.17) is 5.73 Å². The highest BCUT2D eigenvalue weighted by molar-refractivity contribution is 7.89. The number of carbonyl (C=O) groups excluding carboxylic acids is 3. The lowest BCUT2D eigenvalue weighted by Gasteiger charge is -2.20. The number of hydrogen-bond donors (Lipinski definition) is 4. The normalized spacial score (nSPS) is 12.2. The Hall–Kier alpha value is -3.24. The number of amides is 3. The highest BCUT2D eigenvalue weighted by Crippen LogP contribution is 2.14. The molecule has 0 aromatic heterocycles. The minimum absolute atomic E-state index is 0.0830. The fraction of sp³-hybridized carbons (Fsp3) is 0.348. The van der Waals surface area contributed by atoms with Crippen LogP contribution in [-0.4, -0.2) is 38.7 Å². The topological polar surface area (TPSA) is 147 Å². The van der Waals surface area contributed by atoms with Crippen molar-refractivity contribution < 1.29 is 22.8 Å². The van der Waals surface area contributed by atoms with Gasteiger partial charge in [-0.25, -0.2) is 8.42 Å². The number of sulfonamides is 1. The molecule has 0 spiro atoms. The molecule has 0 saturated carbocycles. The van der Waals surface area contributed by atoms with Crippen LogP contribution in [0.1, 0.15) is 41.8 Å². The molecule has 0 heterocycles. The molecule has 0 fully saturated rings. The van der Waals surface area contributed by atoms with Crippen molar-refractivity contribution in [2.75, 3.05) is 6.54 Å². The molecule has 0 saturated heterocycles. The maximum Gasteiger partial charge on any atom is 0.251 e. The molecule has 1 unspecified atom stereocenters. The summed E-state index contributed by atoms with van der Waals surface area (Å²) in [7, 11) is -3.86. The first-order chi connectivity index (χ1) is 15.5. The summed E-state index contributed by atoms with van der Waals surface area (Å²) in [6.07, 6.45) is 0.329. The summed E-state index contributed by atoms with van der Waals surface area (Å²) < 4.78 is 28.0. The summed E-state index contributed by atoms with van der Waals surface area (Å²) in [5.74, 6) is -1.44. The van der Waals surface area contributed by atoms with Crippen molar-refractivity contribution in [2.45, 2.75) is 44.7 Å². The minimum Gasteiger partial charge on any atom is -0.368 e. The van der Waals surface area contributed by atoms with Crippen molar-refractivity contribution >= 4 is 27.7 Å². The van der Waals surface area contributed by atoms with E-state index in [9.17, 15) is 22.8 Å². The van der Waals surface area contributed by atoms with Crippen LogP contribution in [0.15, 0.2) is 53.4 Å². The standard InChI is InChI=1S/C23H30N4O5S/c1-15(2)12-20(27-33(31,32)19-10-4-16(3)5-11-19)23(30)25-13-17-6-8-18(9-7-17)22(29)26-14-21(24)28/h4-11,15,20,27H,12-14H2,1-3H3,(H2,24,28)(H,25,30)(H,26,29). The van der Waals surface area contributed by atoms with Crippen molar-refractivity contribution in [3.8, 4) is 0 Å². The Morgan fingerprint density at radius 3 is 2.09 bits per heavy atom. The van der Waals surface area contributed by atoms with Gasteiger partial charge in [-0.05, 0) is 49.1 Å². The first-order valence-electron chi connectivity index (χ1n) is 10.5. The zero-order valence-corrected chi connectivity index (χ0v) is 19.7. The van der Waals surface area contributed by atoms with Crippen molar-refractivity contribution in [1.82, 2.24) is 15.4 Å². The molecule has 0 radical (unpaired) electrons. The number of nitrogens with two attached hydrogens (primary N) is 1. The quantitative estimate of drug-likeness (QED) is 0.387. The van der Waals surface area contributed by atoms with Crippen LogP contribution in [0, 0.1) is 12.8 Å². The van der Waals surface area contributed by atoms with Gasteiger partial charge in [-0.2, -0.15) is 4.72 Å². The van der Waals surface area contributed by atoms with Crippen LogP contribution < -0.4 is 21.1 Å². The van der Waals surface area contributed by atoms with Crippen molar-refractivity contribution in [2.24, 2.45) is 11.7 Å². The molecule has 178 valence electrons. The number of rotatable bonds is 11. The van der Waals surface area contributed by atoms with Gasteiger partial charge in [0.15, 0.2) is 0 Å². The van der Waals surface area contributed by atoms with Crippen LogP contribution in [0.3, 0.4) is 0 Å². The smallest absolute Gasteiger partial charge is 0.251 e. The Balaban J connectivity index is 2.02. The van der Waals surface area contributed by atoms with Gasteiger partial charge in [0, 0.05) is 12.1 Å². The molecule has 0 aliphatic carbocycles. The number of benzene rings is 2. The molecule has 0 bridgehead atoms. The lowest BCUT2D eigenvalue weighted by molar-refractivity contribution is -0.123. The Morgan fingerprint density at radius 1 is 0.939 bits per heavy atom. The van der Waals surface area contributed by atoms with E-state index in [-0.39, 0.29) is 23.9 Å². The summed E-state index contributed by atoms with van der Waals surface area (Å²) in [5.41, 5.74) is 7.00. The van der Waals surface area contributed by atoms with E-state index in [0.29, 0.717) is 12.0 Å². The third-order valence-corrected chi connectivity index (χ3v) is 6.25. The van der Waals surface area contributed by atoms with E-state index in [1.165, 1.54) is 12.1 Å². The molecule has 2 aromatic rings. The van der Waals surface area contributed by atoms with Crippen LogP contribution in [0.25, 0.3) is 0 Å². The number of nitrogens with one attached hydrogen (secondary N) is 3. The SMILES string of the molecule is Cc1ccc(S(=O)(=O)NC(CC(C)C)C(=O)NCc2ccc(C(=O)NCC(N)=O)cc2)cc1. The lowest BCUT2D eigenvalue weighted by atomic mass is 10.0. The van der Waals surface area contributed by atoms with Crippen LogP contribution in [0.4, 0.5) is 0 Å². The predicted octanol–water partition coefficient (Wildman–Crippen LogP) is 1.22. The third kappa shape index (κ3) is 8.32. The van der Waals surface area contributed by atoms with Crippen molar-refractivity contribution in [3.63, 3.8) is 0 Å². The van der Waals surface area contributed by atoms with Crippen LogP contribution in [0.5, 0.6) is 0 Å². The monoisotopic (exact) mass is 474 g/mol. The van der Waals surface area contributed by atoms with Crippen molar-refractivity contribution in [3.05, 3.63) is 65.2 Å². The molecule has 33 heavy (non-hydrogen) atoms. The summed E-state index contributed by atoms with van der Waals surface area (Å²) in [6.45, 7) is 5.57. The van der Waals surface area contributed by atoms with Gasteiger partial charge in [0.05, 0.1) is 11.4 Å². The molecule has 2 aromatic carbocycles. The largest absolute Gasteiger partial charge is 0.368 e. The van der Waals surface area contributed by atoms with E-state index < -0.39 is 33.8 Å². The maximum absolute atomic E-state index is 12.8. The summed E-state index contributed by atoms with van der Waals surface area (Å²) in [5, 5.41) is 5.14. The fourth-order valence-electron chi connectivity index (χ4n) is 3.01. The number of carbonyl (C=O) groups is 3. The lowest BCUT2D eigenvalue weighted by Crippen LogP contribution is -2.47. The van der Waals surface area contributed by atoms with Crippen LogP contribution in [0.2, 0.25) is 0 Å². The molecule has 0 aliphatic rings. The Bertz CT molecular complexity index is 1080. The third-order valence-electron chi connectivity index (χ3n) is 4.76. The molecule has 9 nitrogen and oxygen atoms in total. The van der Waals surface area contributed by atoms with Gasteiger partial charge < -0.3 is 16.4 Å². The highest BCUT2D eigenvalue weighted by Gasteiger charge is 2.26. The average molecular weight is 475 g/mol. The first-order valence-corrected chi connectivity index (χ1v) is 12.0. The van der Waals surface area contributed by atoms with Gasteiger partial charge in [-0.1, -0.05) is 43.7 Å². The predicted molar refractivity (Wildman–Crippen MR) is 125 cm³/mol. The Labute approximate surface area is 194 Å². The number of primary amides is 1. The van der Waals surface area contributed by atoms with E-state index >= 15 is 0 Å². The zero-order valence-electron chi connectivity index (χ0n) is 18.9. The van der Waals surface area contributed by atoms with Gasteiger partial charge >= 0.3 is 0 Å². The molecule has 0 aliphatic heterocycles. The average Bonchev–Trinajstić information content (AvgIpc) is 2.75. The molecule has 10 heteroatoms. The zero-order chi connectivity index (χ0) is 24.6. The van der Waals surface area contributed by atoms with Crippen LogP contribution in [-0.2, 0) is 26.2 Å². The summed E-state index contributed by atoms with van der Waals surface area (Å²) in [6, 6.07) is 11.9. The maximum atomic E-state index is 12.8. The Morgan fingerprint density at radius 2 is 1.55 bits per heavy atom. The molecule has 1 atom stereocenters. The van der Waals surface area contributed by atoms with Gasteiger partial charge in [-0.15, -0.1) is 0 Å². The summed E-state index contributed by atoms with van der Waals surface area (Å²) in [4.78, 5) is 35.6. The second-order valence-electron chi connectivity index (χ2n) is 8.18. The van der Waals surface area contributed by atoms with E-state index in [1.807, 2.05) is 20.8 Å². The number of aryl methyl sites for hydroxylation is 1. The van der Waals surface area contributed by atoms with Gasteiger partial charge in [0.1, 0.15) is 6.04 Å². The highest BCUT2D eigenvalue weighted by atomic mass is 32.2. The van der Waals surface area contributed by atoms with E-state index in [2.05, 4.69) is 15.4 Å². The molecular formula is C23H30N4O5S. The Kier molecular flexibility index (Phi) is 9.12. The second-order valence-corrected chi connectivity index (χ2v) is 9.89. The molecular weight excluding hydrogens is 444 g/mol. The van der Waals surface area contributed by atoms with Gasteiger partial charge in [0.25, 0.3) is 5.91 Å². The van der Waals surface area contributed by atoms with Crippen molar-refractivity contribution in [1.29, 1.82) is 0 Å².